The number of amides is 1. The van der Waals surface area contributed by atoms with E-state index in [-0.39, 0.29) is 16.7 Å². The minimum absolute atomic E-state index is 0.0977. The van der Waals surface area contributed by atoms with Gasteiger partial charge in [-0.2, -0.15) is 5.10 Å². The largest absolute Gasteiger partial charge is 0.322 e. The number of hydrogen-bond donors (Lipinski definition) is 2. The second kappa shape index (κ2) is 10.4. The number of aromatic nitrogens is 4. The summed E-state index contributed by atoms with van der Waals surface area (Å²) in [5, 5.41) is 7.62. The highest BCUT2D eigenvalue weighted by molar-refractivity contribution is 7.99. The van der Waals surface area contributed by atoms with Gasteiger partial charge in [0.25, 0.3) is 5.56 Å². The molecule has 0 aliphatic carbocycles. The Balaban J connectivity index is 1.54. The number of thioether (sulfide) groups is 1. The van der Waals surface area contributed by atoms with Crippen molar-refractivity contribution < 1.29 is 4.79 Å². The molecular formula is C21H30N6O2S2. The number of likely N-dealkylation sites (N-methyl/N-ethyl adjacent to an activating group) is 1. The molecule has 8 nitrogen and oxygen atoms in total. The summed E-state index contributed by atoms with van der Waals surface area (Å²) < 4.78 is 1.85. The fourth-order valence-electron chi connectivity index (χ4n) is 3.23. The van der Waals surface area contributed by atoms with Crippen molar-refractivity contribution in [1.82, 2.24) is 24.6 Å². The first kappa shape index (κ1) is 23.5. The summed E-state index contributed by atoms with van der Waals surface area (Å²) in [6.45, 7) is 13.8. The molecule has 0 saturated heterocycles. The second-order valence-electron chi connectivity index (χ2n) is 7.44. The molecule has 3 rings (SSSR count). The predicted octanol–water partition coefficient (Wildman–Crippen LogP) is 3.40. The first-order valence-corrected chi connectivity index (χ1v) is 12.3. The summed E-state index contributed by atoms with van der Waals surface area (Å²) in [7, 11) is 0. The summed E-state index contributed by atoms with van der Waals surface area (Å²) in [6.07, 6.45) is 3.53. The lowest BCUT2D eigenvalue weighted by molar-refractivity contribution is -0.115. The van der Waals surface area contributed by atoms with Crippen LogP contribution in [0.5, 0.6) is 0 Å². The van der Waals surface area contributed by atoms with E-state index in [4.69, 9.17) is 0 Å². The van der Waals surface area contributed by atoms with Crippen LogP contribution in [0.4, 0.5) is 5.69 Å². The van der Waals surface area contributed by atoms with E-state index >= 15 is 0 Å². The number of aryl methyl sites for hydroxylation is 2. The van der Waals surface area contributed by atoms with Gasteiger partial charge in [-0.25, -0.2) is 4.98 Å². The van der Waals surface area contributed by atoms with Crippen molar-refractivity contribution in [3.05, 3.63) is 39.0 Å². The summed E-state index contributed by atoms with van der Waals surface area (Å²) in [4.78, 5) is 36.6. The summed E-state index contributed by atoms with van der Waals surface area (Å²) in [5.74, 6) is 0.950. The molecule has 0 bridgehead atoms. The third-order valence-corrected chi connectivity index (χ3v) is 7.62. The molecule has 168 valence electrons. The van der Waals surface area contributed by atoms with Crippen molar-refractivity contribution in [1.29, 1.82) is 0 Å². The van der Waals surface area contributed by atoms with Crippen molar-refractivity contribution in [3.63, 3.8) is 0 Å². The van der Waals surface area contributed by atoms with E-state index < -0.39 is 0 Å². The third-order valence-electron chi connectivity index (χ3n) is 5.37. The molecule has 0 spiro atoms. The zero-order chi connectivity index (χ0) is 22.5. The molecule has 0 aromatic carbocycles. The normalized spacial score (nSPS) is 12.6. The second-order valence-corrected chi connectivity index (χ2v) is 9.97. The van der Waals surface area contributed by atoms with E-state index in [0.717, 1.165) is 41.5 Å². The predicted molar refractivity (Wildman–Crippen MR) is 129 cm³/mol. The summed E-state index contributed by atoms with van der Waals surface area (Å²) >= 11 is 2.97. The van der Waals surface area contributed by atoms with Crippen LogP contribution in [0.2, 0.25) is 0 Å². The van der Waals surface area contributed by atoms with Crippen LogP contribution < -0.4 is 10.9 Å². The average Bonchev–Trinajstić information content (AvgIpc) is 3.30. The summed E-state index contributed by atoms with van der Waals surface area (Å²) in [6, 6.07) is 0. The molecule has 3 aromatic rings. The Labute approximate surface area is 190 Å². The minimum atomic E-state index is -0.299. The Morgan fingerprint density at radius 2 is 2.10 bits per heavy atom. The van der Waals surface area contributed by atoms with Crippen molar-refractivity contribution in [2.24, 2.45) is 0 Å². The van der Waals surface area contributed by atoms with Crippen LogP contribution in [0.3, 0.4) is 0 Å². The average molecular weight is 463 g/mol. The smallest absolute Gasteiger partial charge is 0.259 e. The molecule has 0 aliphatic heterocycles. The van der Waals surface area contributed by atoms with E-state index in [0.29, 0.717) is 22.7 Å². The molecule has 0 fully saturated rings. The fourth-order valence-corrected chi connectivity index (χ4v) is 5.03. The number of nitrogens with one attached hydrogen (secondary N) is 2. The van der Waals surface area contributed by atoms with Gasteiger partial charge in [0.1, 0.15) is 10.7 Å². The van der Waals surface area contributed by atoms with Crippen LogP contribution in [-0.4, -0.2) is 55.4 Å². The van der Waals surface area contributed by atoms with Gasteiger partial charge in [-0.05, 0) is 39.4 Å². The molecule has 1 unspecified atom stereocenters. The number of thiophene rings is 1. The van der Waals surface area contributed by atoms with Gasteiger partial charge in [-0.3, -0.25) is 14.3 Å². The van der Waals surface area contributed by atoms with E-state index in [1.165, 1.54) is 23.1 Å². The van der Waals surface area contributed by atoms with Crippen LogP contribution in [-0.2, 0) is 17.1 Å². The Bertz CT molecular complexity index is 1100. The SMILES string of the molecule is CCN(CC)CCn1cc(NC(=O)C(C)SCc2nc3sc(C)c(C)c3c(=O)[nH]2)cn1. The van der Waals surface area contributed by atoms with Crippen molar-refractivity contribution in [3.8, 4) is 0 Å². The summed E-state index contributed by atoms with van der Waals surface area (Å²) in [5.41, 5.74) is 1.56. The topological polar surface area (TPSA) is 95.9 Å². The number of hydrogen-bond acceptors (Lipinski definition) is 7. The Kier molecular flexibility index (Phi) is 7.90. The van der Waals surface area contributed by atoms with Crippen LogP contribution in [0.15, 0.2) is 17.2 Å². The zero-order valence-electron chi connectivity index (χ0n) is 18.7. The number of carbonyl (C=O) groups excluding carboxylic acids is 1. The van der Waals surface area contributed by atoms with E-state index in [1.807, 2.05) is 31.6 Å². The maximum absolute atomic E-state index is 12.6. The van der Waals surface area contributed by atoms with Crippen LogP contribution >= 0.6 is 23.1 Å². The van der Waals surface area contributed by atoms with Gasteiger partial charge in [0.15, 0.2) is 0 Å². The van der Waals surface area contributed by atoms with Gasteiger partial charge in [0.05, 0.1) is 34.8 Å². The van der Waals surface area contributed by atoms with Crippen molar-refractivity contribution >= 4 is 44.9 Å². The highest BCUT2D eigenvalue weighted by Gasteiger charge is 2.17. The van der Waals surface area contributed by atoms with Crippen LogP contribution in [0.1, 0.15) is 37.0 Å². The molecule has 1 amide bonds. The third kappa shape index (κ3) is 5.75. The van der Waals surface area contributed by atoms with Gasteiger partial charge >= 0.3 is 0 Å². The number of rotatable bonds is 10. The minimum Gasteiger partial charge on any atom is -0.322 e. The number of carbonyl (C=O) groups is 1. The molecule has 3 heterocycles. The Hall–Kier alpha value is -2.17. The van der Waals surface area contributed by atoms with Gasteiger partial charge in [-0.1, -0.05) is 13.8 Å². The molecule has 31 heavy (non-hydrogen) atoms. The van der Waals surface area contributed by atoms with Gasteiger partial charge < -0.3 is 15.2 Å². The number of anilines is 1. The van der Waals surface area contributed by atoms with Crippen molar-refractivity contribution in [2.45, 2.75) is 52.2 Å². The molecule has 0 saturated carbocycles. The highest BCUT2D eigenvalue weighted by atomic mass is 32.2. The maximum Gasteiger partial charge on any atom is 0.259 e. The molecule has 0 radical (unpaired) electrons. The number of fused-ring (bicyclic) bond motifs is 1. The van der Waals surface area contributed by atoms with E-state index in [2.05, 4.69) is 39.1 Å². The maximum atomic E-state index is 12.6. The van der Waals surface area contributed by atoms with Gasteiger partial charge in [-0.15, -0.1) is 23.1 Å². The molecule has 1 atom stereocenters. The zero-order valence-corrected chi connectivity index (χ0v) is 20.3. The molecular weight excluding hydrogens is 432 g/mol. The molecule has 0 aliphatic rings. The quantitative estimate of drug-likeness (QED) is 0.479. The monoisotopic (exact) mass is 462 g/mol. The lowest BCUT2D eigenvalue weighted by Crippen LogP contribution is -2.27. The van der Waals surface area contributed by atoms with Gasteiger partial charge in [0.2, 0.25) is 5.91 Å². The molecule has 10 heteroatoms. The Morgan fingerprint density at radius 1 is 1.35 bits per heavy atom. The van der Waals surface area contributed by atoms with E-state index in [1.54, 1.807) is 6.20 Å². The van der Waals surface area contributed by atoms with E-state index in [9.17, 15) is 9.59 Å². The number of nitrogens with zero attached hydrogens (tertiary/aromatic N) is 4. The number of aromatic amines is 1. The lowest BCUT2D eigenvalue weighted by atomic mass is 10.2. The van der Waals surface area contributed by atoms with Crippen LogP contribution in [0, 0.1) is 13.8 Å². The van der Waals surface area contributed by atoms with Gasteiger partial charge in [0, 0.05) is 17.6 Å². The first-order chi connectivity index (χ1) is 14.8. The van der Waals surface area contributed by atoms with Crippen molar-refractivity contribution in [2.75, 3.05) is 25.0 Å². The molecule has 2 N–H and O–H groups in total. The van der Waals surface area contributed by atoms with Crippen LogP contribution in [0.25, 0.3) is 10.2 Å². The first-order valence-electron chi connectivity index (χ1n) is 10.5. The fraction of sp³-hybridized carbons (Fsp3) is 0.524. The standard InChI is InChI=1S/C21H30N6O2S2/c1-6-26(7-2)8-9-27-11-16(10-22-27)23-19(28)15(5)30-12-17-24-20(29)18-13(3)14(4)31-21(18)25-17/h10-11,15H,6-9,12H2,1-5H3,(H,23,28)(H,24,25,29). The Morgan fingerprint density at radius 3 is 2.81 bits per heavy atom. The highest BCUT2D eigenvalue weighted by Crippen LogP contribution is 2.26. The number of H-pyrrole nitrogens is 1. The molecule has 3 aromatic heterocycles. The lowest BCUT2D eigenvalue weighted by Gasteiger charge is -2.17.